The van der Waals surface area contributed by atoms with Crippen LogP contribution in [-0.4, -0.2) is 35.6 Å². The number of hydrogen-bond donors (Lipinski definition) is 3. The largest absolute Gasteiger partial charge is 0.462 e. The molecule has 94 valence electrons. The fourth-order valence-electron chi connectivity index (χ4n) is 1.34. The number of nitrogens with one attached hydrogen (secondary N) is 1. The second kappa shape index (κ2) is 6.88. The monoisotopic (exact) mass is 239 g/mol. The van der Waals surface area contributed by atoms with Crippen LogP contribution in [-0.2, 0) is 4.74 Å². The predicted molar refractivity (Wildman–Crippen MR) is 63.7 cm³/mol. The molecule has 3 N–H and O–H groups in total. The highest BCUT2D eigenvalue weighted by atomic mass is 16.5. The van der Waals surface area contributed by atoms with Gasteiger partial charge >= 0.3 is 5.97 Å². The molecule has 0 saturated carbocycles. The number of benzene rings is 1. The molecule has 0 aliphatic rings. The molecule has 0 aromatic heterocycles. The first kappa shape index (κ1) is 13.5. The van der Waals surface area contributed by atoms with Gasteiger partial charge in [-0.05, 0) is 19.1 Å². The highest BCUT2D eigenvalue weighted by Crippen LogP contribution is 2.15. The Hall–Kier alpha value is -1.59. The van der Waals surface area contributed by atoms with Crippen molar-refractivity contribution >= 4 is 11.7 Å². The fraction of sp³-hybridized carbons (Fsp3) is 0.417. The molecule has 0 atom stereocenters. The average Bonchev–Trinajstić information content (AvgIpc) is 2.29. The van der Waals surface area contributed by atoms with Gasteiger partial charge in [0.25, 0.3) is 0 Å². The summed E-state index contributed by atoms with van der Waals surface area (Å²) in [5.74, 6) is -0.470. The van der Waals surface area contributed by atoms with Gasteiger partial charge in [-0.25, -0.2) is 4.79 Å². The number of para-hydroxylation sites is 1. The van der Waals surface area contributed by atoms with E-state index in [2.05, 4.69) is 5.32 Å². The maximum absolute atomic E-state index is 11.7. The summed E-state index contributed by atoms with van der Waals surface area (Å²) in [6.07, 6.45) is -1.44. The third-order valence-corrected chi connectivity index (χ3v) is 2.12. The van der Waals surface area contributed by atoms with E-state index in [1.165, 1.54) is 0 Å². The molecular formula is C12H17NO4. The lowest BCUT2D eigenvalue weighted by Gasteiger charge is -2.10. The van der Waals surface area contributed by atoms with E-state index < -0.39 is 12.3 Å². The van der Waals surface area contributed by atoms with Crippen molar-refractivity contribution in [2.45, 2.75) is 19.6 Å². The number of anilines is 1. The van der Waals surface area contributed by atoms with Gasteiger partial charge in [0.2, 0.25) is 0 Å². The number of ether oxygens (including phenoxy) is 1. The molecule has 0 amide bonds. The molecule has 0 heterocycles. The second-order valence-electron chi connectivity index (χ2n) is 3.48. The lowest BCUT2D eigenvalue weighted by Crippen LogP contribution is -2.14. The van der Waals surface area contributed by atoms with Crippen molar-refractivity contribution in [2.75, 3.05) is 18.5 Å². The Morgan fingerprint density at radius 2 is 2.12 bits per heavy atom. The molecule has 0 aliphatic carbocycles. The minimum absolute atomic E-state index is 0.00904. The number of esters is 1. The molecule has 0 bridgehead atoms. The Morgan fingerprint density at radius 3 is 2.76 bits per heavy atom. The lowest BCUT2D eigenvalue weighted by molar-refractivity contribution is -0.0562. The Morgan fingerprint density at radius 1 is 1.41 bits per heavy atom. The molecule has 0 spiro atoms. The number of hydrogen-bond acceptors (Lipinski definition) is 5. The molecule has 0 fully saturated rings. The van der Waals surface area contributed by atoms with Crippen molar-refractivity contribution in [3.05, 3.63) is 29.8 Å². The van der Waals surface area contributed by atoms with Gasteiger partial charge in [0, 0.05) is 18.7 Å². The van der Waals surface area contributed by atoms with Gasteiger partial charge in [0.1, 0.15) is 0 Å². The lowest BCUT2D eigenvalue weighted by atomic mass is 10.2. The molecule has 0 unspecified atom stereocenters. The zero-order valence-corrected chi connectivity index (χ0v) is 9.72. The van der Waals surface area contributed by atoms with E-state index in [1.54, 1.807) is 18.2 Å². The topological polar surface area (TPSA) is 78.8 Å². The number of rotatable bonds is 6. The molecule has 1 rings (SSSR count). The Kier molecular flexibility index (Phi) is 5.45. The van der Waals surface area contributed by atoms with Crippen molar-refractivity contribution in [2.24, 2.45) is 0 Å². The number of aliphatic hydroxyl groups excluding tert-OH is 1. The van der Waals surface area contributed by atoms with E-state index in [0.717, 1.165) is 0 Å². The van der Waals surface area contributed by atoms with E-state index in [0.29, 0.717) is 17.8 Å². The van der Waals surface area contributed by atoms with Crippen LogP contribution in [0.5, 0.6) is 0 Å². The summed E-state index contributed by atoms with van der Waals surface area (Å²) < 4.78 is 4.93. The van der Waals surface area contributed by atoms with Crippen LogP contribution in [0.4, 0.5) is 5.69 Å². The molecule has 0 aliphatic heterocycles. The third-order valence-electron chi connectivity index (χ3n) is 2.12. The van der Waals surface area contributed by atoms with E-state index in [-0.39, 0.29) is 13.0 Å². The molecule has 5 heteroatoms. The summed E-state index contributed by atoms with van der Waals surface area (Å²) in [6.45, 7) is 2.63. The number of aliphatic hydroxyl groups is 2. The van der Waals surface area contributed by atoms with Crippen molar-refractivity contribution in [1.29, 1.82) is 0 Å². The number of carbonyl (C=O) groups excluding carboxylic acids is 1. The minimum Gasteiger partial charge on any atom is -0.462 e. The van der Waals surface area contributed by atoms with E-state index in [1.807, 2.05) is 13.0 Å². The summed E-state index contributed by atoms with van der Waals surface area (Å²) in [5.41, 5.74) is 1.16. The quantitative estimate of drug-likeness (QED) is 0.509. The molecule has 1 aromatic carbocycles. The van der Waals surface area contributed by atoms with Crippen molar-refractivity contribution in [1.82, 2.24) is 0 Å². The minimum atomic E-state index is -1.45. The van der Waals surface area contributed by atoms with Crippen LogP contribution in [0, 0.1) is 0 Å². The Bertz CT molecular complexity index is 365. The molecule has 17 heavy (non-hydrogen) atoms. The zero-order chi connectivity index (χ0) is 12.7. The van der Waals surface area contributed by atoms with E-state index in [4.69, 9.17) is 14.9 Å². The first-order chi connectivity index (χ1) is 8.15. The second-order valence-corrected chi connectivity index (χ2v) is 3.48. The van der Waals surface area contributed by atoms with Crippen LogP contribution in [0.2, 0.25) is 0 Å². The van der Waals surface area contributed by atoms with Gasteiger partial charge in [-0.1, -0.05) is 12.1 Å². The third kappa shape index (κ3) is 4.42. The van der Waals surface area contributed by atoms with Crippen LogP contribution >= 0.6 is 0 Å². The van der Waals surface area contributed by atoms with E-state index in [9.17, 15) is 4.79 Å². The van der Waals surface area contributed by atoms with E-state index >= 15 is 0 Å². The first-order valence-corrected chi connectivity index (χ1v) is 5.51. The standard InChI is InChI=1S/C12H17NO4/c1-2-13-10-6-4-3-5-9(10)12(16)17-8-7-11(14)15/h3-6,11,13-15H,2,7-8H2,1H3. The maximum Gasteiger partial charge on any atom is 0.340 e. The van der Waals surface area contributed by atoms with Crippen LogP contribution in [0.1, 0.15) is 23.7 Å². The van der Waals surface area contributed by atoms with Crippen molar-refractivity contribution in [3.63, 3.8) is 0 Å². The van der Waals surface area contributed by atoms with Crippen LogP contribution in [0.15, 0.2) is 24.3 Å². The van der Waals surface area contributed by atoms with Gasteiger partial charge in [0.05, 0.1) is 12.2 Å². The normalized spacial score (nSPS) is 10.4. The fourth-order valence-corrected chi connectivity index (χ4v) is 1.34. The highest BCUT2D eigenvalue weighted by molar-refractivity contribution is 5.95. The molecule has 0 saturated heterocycles. The zero-order valence-electron chi connectivity index (χ0n) is 9.72. The van der Waals surface area contributed by atoms with Crippen molar-refractivity contribution < 1.29 is 19.7 Å². The molecule has 0 radical (unpaired) electrons. The molecular weight excluding hydrogens is 222 g/mol. The van der Waals surface area contributed by atoms with Gasteiger partial charge in [-0.3, -0.25) is 0 Å². The van der Waals surface area contributed by atoms with Crippen LogP contribution < -0.4 is 5.32 Å². The predicted octanol–water partition coefficient (Wildman–Crippen LogP) is 0.976. The number of carbonyl (C=O) groups is 1. The van der Waals surface area contributed by atoms with Crippen LogP contribution in [0.3, 0.4) is 0 Å². The van der Waals surface area contributed by atoms with Gasteiger partial charge in [0.15, 0.2) is 6.29 Å². The summed E-state index contributed by atoms with van der Waals surface area (Å²) in [4.78, 5) is 11.7. The summed E-state index contributed by atoms with van der Waals surface area (Å²) in [7, 11) is 0. The smallest absolute Gasteiger partial charge is 0.340 e. The van der Waals surface area contributed by atoms with Gasteiger partial charge in [-0.15, -0.1) is 0 Å². The average molecular weight is 239 g/mol. The van der Waals surface area contributed by atoms with Gasteiger partial charge in [-0.2, -0.15) is 0 Å². The Balaban J connectivity index is 2.61. The van der Waals surface area contributed by atoms with Crippen molar-refractivity contribution in [3.8, 4) is 0 Å². The highest BCUT2D eigenvalue weighted by Gasteiger charge is 2.12. The van der Waals surface area contributed by atoms with Gasteiger partial charge < -0.3 is 20.3 Å². The van der Waals surface area contributed by atoms with Crippen LogP contribution in [0.25, 0.3) is 0 Å². The summed E-state index contributed by atoms with van der Waals surface area (Å²) in [6, 6.07) is 7.03. The SMILES string of the molecule is CCNc1ccccc1C(=O)OCCC(O)O. The maximum atomic E-state index is 11.7. The Labute approximate surface area is 100 Å². The summed E-state index contributed by atoms with van der Waals surface area (Å²) in [5, 5.41) is 20.3. The molecule has 1 aromatic rings. The molecule has 5 nitrogen and oxygen atoms in total. The first-order valence-electron chi connectivity index (χ1n) is 5.51. The summed E-state index contributed by atoms with van der Waals surface area (Å²) >= 11 is 0.